The Morgan fingerprint density at radius 1 is 1.68 bits per heavy atom. The van der Waals surface area contributed by atoms with E-state index in [-0.39, 0.29) is 5.69 Å². The Bertz CT molecular complexity index is 469. The lowest BCUT2D eigenvalue weighted by molar-refractivity contribution is -0.385. The van der Waals surface area contributed by atoms with Crippen molar-refractivity contribution in [3.8, 4) is 0 Å². The van der Waals surface area contributed by atoms with Crippen LogP contribution in [-0.2, 0) is 0 Å². The molecule has 2 rings (SSSR count). The summed E-state index contributed by atoms with van der Waals surface area (Å²) in [6.07, 6.45) is 3.71. The minimum Gasteiger partial charge on any atom is -0.369 e. The van der Waals surface area contributed by atoms with Crippen molar-refractivity contribution in [1.82, 2.24) is 9.88 Å². The molecule has 0 saturated carbocycles. The SMILES string of the molecule is CN1CCCC(CNc2ncc([N+](=O)[O-])cc2Br)C1. The number of nitro groups is 1. The molecule has 0 bridgehead atoms. The molecule has 104 valence electrons. The Kier molecular flexibility index (Phi) is 4.71. The van der Waals surface area contributed by atoms with Gasteiger partial charge in [-0.2, -0.15) is 0 Å². The van der Waals surface area contributed by atoms with Gasteiger partial charge < -0.3 is 10.2 Å². The molecule has 1 aromatic heterocycles. The maximum absolute atomic E-state index is 10.6. The van der Waals surface area contributed by atoms with Gasteiger partial charge in [0.2, 0.25) is 0 Å². The fraction of sp³-hybridized carbons (Fsp3) is 0.583. The number of aromatic nitrogens is 1. The topological polar surface area (TPSA) is 71.3 Å². The molecule has 1 aromatic rings. The highest BCUT2D eigenvalue weighted by atomic mass is 79.9. The van der Waals surface area contributed by atoms with E-state index in [0.29, 0.717) is 16.2 Å². The molecular formula is C12H17BrN4O2. The Hall–Kier alpha value is -1.21. The molecule has 6 nitrogen and oxygen atoms in total. The van der Waals surface area contributed by atoms with Crippen molar-refractivity contribution in [3.63, 3.8) is 0 Å². The van der Waals surface area contributed by atoms with Gasteiger partial charge in [-0.15, -0.1) is 0 Å². The average molecular weight is 329 g/mol. The standard InChI is InChI=1S/C12H17BrN4O2/c1-16-4-2-3-9(8-16)6-14-12-11(13)5-10(7-15-12)17(18)19/h5,7,9H,2-4,6,8H2,1H3,(H,14,15). The van der Waals surface area contributed by atoms with Crippen LogP contribution in [0.1, 0.15) is 12.8 Å². The summed E-state index contributed by atoms with van der Waals surface area (Å²) in [6, 6.07) is 1.47. The van der Waals surface area contributed by atoms with E-state index in [1.165, 1.54) is 25.1 Å². The number of piperidine rings is 1. The van der Waals surface area contributed by atoms with E-state index in [4.69, 9.17) is 0 Å². The Morgan fingerprint density at radius 3 is 3.11 bits per heavy atom. The van der Waals surface area contributed by atoms with Crippen LogP contribution >= 0.6 is 15.9 Å². The lowest BCUT2D eigenvalue weighted by Crippen LogP contribution is -2.35. The van der Waals surface area contributed by atoms with Crippen molar-refractivity contribution < 1.29 is 4.92 Å². The smallest absolute Gasteiger partial charge is 0.288 e. The minimum atomic E-state index is -0.447. The molecule has 0 spiro atoms. The van der Waals surface area contributed by atoms with Crippen molar-refractivity contribution >= 4 is 27.4 Å². The van der Waals surface area contributed by atoms with Crippen molar-refractivity contribution in [2.45, 2.75) is 12.8 Å². The first kappa shape index (κ1) is 14.2. The van der Waals surface area contributed by atoms with Gasteiger partial charge in [0.15, 0.2) is 0 Å². The van der Waals surface area contributed by atoms with Crippen LogP contribution in [-0.4, -0.2) is 41.5 Å². The summed E-state index contributed by atoms with van der Waals surface area (Å²) < 4.78 is 0.630. The van der Waals surface area contributed by atoms with Crippen LogP contribution < -0.4 is 5.32 Å². The summed E-state index contributed by atoms with van der Waals surface area (Å²) in [7, 11) is 2.13. The summed E-state index contributed by atoms with van der Waals surface area (Å²) in [6.45, 7) is 3.08. The second-order valence-electron chi connectivity index (χ2n) is 4.93. The molecule has 1 fully saturated rings. The van der Waals surface area contributed by atoms with E-state index in [0.717, 1.165) is 19.6 Å². The molecule has 7 heteroatoms. The molecule has 2 heterocycles. The van der Waals surface area contributed by atoms with Crippen LogP contribution in [0.4, 0.5) is 11.5 Å². The zero-order valence-electron chi connectivity index (χ0n) is 10.8. The quantitative estimate of drug-likeness (QED) is 0.679. The Labute approximate surface area is 120 Å². The molecule has 0 aliphatic carbocycles. The van der Waals surface area contributed by atoms with Gasteiger partial charge in [-0.05, 0) is 48.3 Å². The van der Waals surface area contributed by atoms with Crippen molar-refractivity contribution in [1.29, 1.82) is 0 Å². The van der Waals surface area contributed by atoms with Gasteiger partial charge in [0, 0.05) is 19.2 Å². The largest absolute Gasteiger partial charge is 0.369 e. The van der Waals surface area contributed by atoms with E-state index in [1.54, 1.807) is 0 Å². The third-order valence-electron chi connectivity index (χ3n) is 3.32. The highest BCUT2D eigenvalue weighted by Gasteiger charge is 2.18. The van der Waals surface area contributed by atoms with E-state index in [2.05, 4.69) is 38.2 Å². The molecule has 1 atom stereocenters. The van der Waals surface area contributed by atoms with Crippen molar-refractivity contribution in [2.75, 3.05) is 32.0 Å². The number of halogens is 1. The number of nitrogens with zero attached hydrogens (tertiary/aromatic N) is 3. The summed E-state index contributed by atoms with van der Waals surface area (Å²) in [5.74, 6) is 1.27. The maximum Gasteiger partial charge on any atom is 0.288 e. The van der Waals surface area contributed by atoms with Gasteiger partial charge in [0.1, 0.15) is 12.0 Å². The molecule has 0 amide bonds. The first-order valence-electron chi connectivity index (χ1n) is 6.28. The second-order valence-corrected chi connectivity index (χ2v) is 5.79. The monoisotopic (exact) mass is 328 g/mol. The molecule has 0 aromatic carbocycles. The van der Waals surface area contributed by atoms with E-state index in [9.17, 15) is 10.1 Å². The third kappa shape index (κ3) is 3.87. The highest BCUT2D eigenvalue weighted by molar-refractivity contribution is 9.10. The zero-order chi connectivity index (χ0) is 13.8. The third-order valence-corrected chi connectivity index (χ3v) is 3.92. The number of anilines is 1. The Morgan fingerprint density at radius 2 is 2.47 bits per heavy atom. The summed E-state index contributed by atoms with van der Waals surface area (Å²) in [5.41, 5.74) is -0.00479. The lowest BCUT2D eigenvalue weighted by atomic mass is 9.98. The first-order valence-corrected chi connectivity index (χ1v) is 7.08. The fourth-order valence-electron chi connectivity index (χ4n) is 2.34. The normalized spacial score (nSPS) is 20.2. The number of likely N-dealkylation sites (tertiary alicyclic amines) is 1. The molecule has 1 N–H and O–H groups in total. The predicted molar refractivity (Wildman–Crippen MR) is 77.3 cm³/mol. The van der Waals surface area contributed by atoms with E-state index < -0.39 is 4.92 Å². The highest BCUT2D eigenvalue weighted by Crippen LogP contribution is 2.25. The fourth-order valence-corrected chi connectivity index (χ4v) is 2.82. The minimum absolute atomic E-state index is 0.00479. The van der Waals surface area contributed by atoms with E-state index in [1.807, 2.05) is 0 Å². The van der Waals surface area contributed by atoms with Gasteiger partial charge in [-0.3, -0.25) is 10.1 Å². The maximum atomic E-state index is 10.6. The predicted octanol–water partition coefficient (Wildman–Crippen LogP) is 2.51. The van der Waals surface area contributed by atoms with Crippen LogP contribution in [0.5, 0.6) is 0 Å². The summed E-state index contributed by atoms with van der Waals surface area (Å²) in [4.78, 5) is 16.6. The van der Waals surface area contributed by atoms with Gasteiger partial charge in [0.25, 0.3) is 5.69 Å². The molecule has 1 saturated heterocycles. The number of pyridine rings is 1. The summed E-state index contributed by atoms with van der Waals surface area (Å²) in [5, 5.41) is 13.9. The number of hydrogen-bond acceptors (Lipinski definition) is 5. The van der Waals surface area contributed by atoms with Gasteiger partial charge in [-0.1, -0.05) is 0 Å². The van der Waals surface area contributed by atoms with Crippen LogP contribution in [0.3, 0.4) is 0 Å². The number of nitrogens with one attached hydrogen (secondary N) is 1. The number of rotatable bonds is 4. The van der Waals surface area contributed by atoms with Crippen LogP contribution in [0.25, 0.3) is 0 Å². The Balaban J connectivity index is 1.94. The molecule has 1 aliphatic heterocycles. The van der Waals surface area contributed by atoms with Gasteiger partial charge in [-0.25, -0.2) is 4.98 Å². The number of hydrogen-bond donors (Lipinski definition) is 1. The van der Waals surface area contributed by atoms with Gasteiger partial charge >= 0.3 is 0 Å². The van der Waals surface area contributed by atoms with Gasteiger partial charge in [0.05, 0.1) is 9.40 Å². The van der Waals surface area contributed by atoms with E-state index >= 15 is 0 Å². The molecule has 19 heavy (non-hydrogen) atoms. The molecule has 1 unspecified atom stereocenters. The van der Waals surface area contributed by atoms with Crippen LogP contribution in [0.2, 0.25) is 0 Å². The zero-order valence-corrected chi connectivity index (χ0v) is 12.4. The second kappa shape index (κ2) is 6.29. The molecular weight excluding hydrogens is 312 g/mol. The summed E-state index contributed by atoms with van der Waals surface area (Å²) >= 11 is 3.31. The molecule has 0 radical (unpaired) electrons. The van der Waals surface area contributed by atoms with Crippen molar-refractivity contribution in [3.05, 3.63) is 26.9 Å². The lowest BCUT2D eigenvalue weighted by Gasteiger charge is -2.29. The van der Waals surface area contributed by atoms with Crippen LogP contribution in [0.15, 0.2) is 16.7 Å². The first-order chi connectivity index (χ1) is 9.06. The van der Waals surface area contributed by atoms with Crippen LogP contribution in [0, 0.1) is 16.0 Å². The van der Waals surface area contributed by atoms with Crippen molar-refractivity contribution in [2.24, 2.45) is 5.92 Å². The molecule has 1 aliphatic rings. The average Bonchev–Trinajstić information content (AvgIpc) is 2.37.